The van der Waals surface area contributed by atoms with Crippen LogP contribution in [0.5, 0.6) is 5.75 Å². The molecule has 1 amide bonds. The fourth-order valence-electron chi connectivity index (χ4n) is 4.26. The molecule has 5 rings (SSSR count). The lowest BCUT2D eigenvalue weighted by Crippen LogP contribution is -2.46. The number of hydrogen-bond donors (Lipinski definition) is 0. The highest BCUT2D eigenvalue weighted by Gasteiger charge is 2.36. The highest BCUT2D eigenvalue weighted by molar-refractivity contribution is 7.91. The summed E-state index contributed by atoms with van der Waals surface area (Å²) in [5, 5.41) is 2.35. The number of aromatic nitrogens is 1. The third-order valence-electron chi connectivity index (χ3n) is 6.09. The van der Waals surface area contributed by atoms with E-state index in [1.54, 1.807) is 29.5 Å². The number of methoxy groups -OCH3 is 1. The van der Waals surface area contributed by atoms with Crippen LogP contribution >= 0.6 is 22.7 Å². The van der Waals surface area contributed by atoms with E-state index < -0.39 is 15.9 Å². The summed E-state index contributed by atoms with van der Waals surface area (Å²) in [5.74, 6) is 0.185. The molecule has 7 nitrogen and oxygen atoms in total. The molecule has 1 fully saturated rings. The number of benzene rings is 2. The van der Waals surface area contributed by atoms with Crippen molar-refractivity contribution in [2.45, 2.75) is 23.6 Å². The SMILES string of the molecule is COc1ccc2nc(N(Cc3ccccc3)C(=O)C3CCCN(S(=O)(=O)c4cccs4)C3)sc2c1. The number of ether oxygens (including phenoxy) is 1. The molecule has 0 N–H and O–H groups in total. The average Bonchev–Trinajstić information content (AvgIpc) is 3.58. The van der Waals surface area contributed by atoms with Gasteiger partial charge in [-0.25, -0.2) is 13.4 Å². The number of hydrogen-bond acceptors (Lipinski definition) is 7. The first-order valence-electron chi connectivity index (χ1n) is 11.3. The summed E-state index contributed by atoms with van der Waals surface area (Å²) in [7, 11) is -1.99. The van der Waals surface area contributed by atoms with Crippen molar-refractivity contribution in [2.24, 2.45) is 5.92 Å². The number of sulfonamides is 1. The van der Waals surface area contributed by atoms with E-state index in [4.69, 9.17) is 9.72 Å². The van der Waals surface area contributed by atoms with Gasteiger partial charge in [-0.1, -0.05) is 47.7 Å². The van der Waals surface area contributed by atoms with E-state index in [-0.39, 0.29) is 12.5 Å². The van der Waals surface area contributed by atoms with E-state index in [2.05, 4.69) is 0 Å². The van der Waals surface area contributed by atoms with Crippen molar-refractivity contribution in [3.63, 3.8) is 0 Å². The first-order valence-corrected chi connectivity index (χ1v) is 14.4. The number of carbonyl (C=O) groups is 1. The van der Waals surface area contributed by atoms with E-state index in [0.29, 0.717) is 35.3 Å². The molecule has 182 valence electrons. The fraction of sp³-hybridized carbons (Fsp3) is 0.280. The van der Waals surface area contributed by atoms with Crippen LogP contribution in [0.1, 0.15) is 18.4 Å². The van der Waals surface area contributed by atoms with Gasteiger partial charge in [-0.2, -0.15) is 4.31 Å². The third kappa shape index (κ3) is 4.97. The number of nitrogens with zero attached hydrogens (tertiary/aromatic N) is 3. The average molecular weight is 528 g/mol. The fourth-order valence-corrected chi connectivity index (χ4v) is 7.93. The lowest BCUT2D eigenvalue weighted by molar-refractivity contribution is -0.123. The molecule has 0 radical (unpaired) electrons. The van der Waals surface area contributed by atoms with Crippen LogP contribution in [0, 0.1) is 5.92 Å². The first-order chi connectivity index (χ1) is 17.0. The summed E-state index contributed by atoms with van der Waals surface area (Å²) >= 11 is 2.63. The molecule has 0 spiro atoms. The minimum absolute atomic E-state index is 0.106. The maximum Gasteiger partial charge on any atom is 0.252 e. The molecular formula is C25H25N3O4S3. The van der Waals surface area contributed by atoms with Crippen molar-refractivity contribution in [1.29, 1.82) is 0 Å². The molecule has 0 aliphatic carbocycles. The molecule has 35 heavy (non-hydrogen) atoms. The molecule has 1 unspecified atom stereocenters. The molecule has 0 saturated carbocycles. The number of rotatable bonds is 7. The monoisotopic (exact) mass is 527 g/mol. The van der Waals surface area contributed by atoms with Crippen LogP contribution in [-0.4, -0.2) is 43.8 Å². The molecule has 4 aromatic rings. The predicted octanol–water partition coefficient (Wildman–Crippen LogP) is 5.00. The summed E-state index contributed by atoms with van der Waals surface area (Å²) in [6, 6.07) is 18.8. The van der Waals surface area contributed by atoms with E-state index in [1.807, 2.05) is 48.5 Å². The van der Waals surface area contributed by atoms with Gasteiger partial charge < -0.3 is 4.74 Å². The van der Waals surface area contributed by atoms with Gasteiger partial charge in [0.05, 0.1) is 29.8 Å². The topological polar surface area (TPSA) is 79.8 Å². The zero-order valence-corrected chi connectivity index (χ0v) is 21.6. The molecule has 3 heterocycles. The van der Waals surface area contributed by atoms with Crippen molar-refractivity contribution in [3.05, 3.63) is 71.6 Å². The zero-order valence-electron chi connectivity index (χ0n) is 19.2. The Bertz CT molecular complexity index is 1420. The number of thiazole rings is 1. The lowest BCUT2D eigenvalue weighted by atomic mass is 9.98. The van der Waals surface area contributed by atoms with Crippen molar-refractivity contribution in [1.82, 2.24) is 9.29 Å². The van der Waals surface area contributed by atoms with Crippen LogP contribution < -0.4 is 9.64 Å². The van der Waals surface area contributed by atoms with Crippen LogP contribution in [0.25, 0.3) is 10.2 Å². The van der Waals surface area contributed by atoms with Gasteiger partial charge in [-0.3, -0.25) is 9.69 Å². The summed E-state index contributed by atoms with van der Waals surface area (Å²) in [4.78, 5) is 20.4. The van der Waals surface area contributed by atoms with E-state index in [9.17, 15) is 13.2 Å². The molecule has 1 saturated heterocycles. The molecule has 2 aromatic carbocycles. The molecular weight excluding hydrogens is 502 g/mol. The maximum absolute atomic E-state index is 13.9. The maximum atomic E-state index is 13.9. The Hall–Kier alpha value is -2.79. The van der Waals surface area contributed by atoms with Crippen LogP contribution in [-0.2, 0) is 21.4 Å². The van der Waals surface area contributed by atoms with Gasteiger partial charge >= 0.3 is 0 Å². The van der Waals surface area contributed by atoms with E-state index >= 15 is 0 Å². The standard InChI is InChI=1S/C25H25N3O4S3/c1-32-20-11-12-21-22(15-20)34-25(26-21)28(16-18-7-3-2-4-8-18)24(29)19-9-5-13-27(17-19)35(30,31)23-10-6-14-33-23/h2-4,6-8,10-12,14-15,19H,5,9,13,16-17H2,1H3. The van der Waals surface area contributed by atoms with Crippen molar-refractivity contribution >= 4 is 54.0 Å². The van der Waals surface area contributed by atoms with Crippen molar-refractivity contribution in [2.75, 3.05) is 25.1 Å². The predicted molar refractivity (Wildman–Crippen MR) is 140 cm³/mol. The van der Waals surface area contributed by atoms with Crippen LogP contribution in [0.3, 0.4) is 0 Å². The number of anilines is 1. The lowest BCUT2D eigenvalue weighted by Gasteiger charge is -2.33. The molecule has 1 atom stereocenters. The highest BCUT2D eigenvalue weighted by Crippen LogP contribution is 2.34. The smallest absolute Gasteiger partial charge is 0.252 e. The largest absolute Gasteiger partial charge is 0.497 e. The second-order valence-electron chi connectivity index (χ2n) is 8.37. The van der Waals surface area contributed by atoms with Gasteiger partial charge in [0.25, 0.3) is 10.0 Å². The summed E-state index contributed by atoms with van der Waals surface area (Å²) in [6.07, 6.45) is 1.27. The van der Waals surface area contributed by atoms with Gasteiger partial charge in [0.1, 0.15) is 9.96 Å². The van der Waals surface area contributed by atoms with Gasteiger partial charge in [0.2, 0.25) is 5.91 Å². The summed E-state index contributed by atoms with van der Waals surface area (Å²) in [5.41, 5.74) is 1.78. The third-order valence-corrected chi connectivity index (χ3v) is 10.4. The van der Waals surface area contributed by atoms with Crippen LogP contribution in [0.15, 0.2) is 70.3 Å². The zero-order chi connectivity index (χ0) is 24.4. The Kier molecular flexibility index (Phi) is 6.88. The summed E-state index contributed by atoms with van der Waals surface area (Å²) < 4.78 is 34.3. The van der Waals surface area contributed by atoms with Crippen molar-refractivity contribution < 1.29 is 17.9 Å². The van der Waals surface area contributed by atoms with Crippen molar-refractivity contribution in [3.8, 4) is 5.75 Å². The molecule has 1 aliphatic rings. The molecule has 2 aromatic heterocycles. The Morgan fingerprint density at radius 2 is 2.00 bits per heavy atom. The Balaban J connectivity index is 1.46. The van der Waals surface area contributed by atoms with Gasteiger partial charge in [0.15, 0.2) is 5.13 Å². The van der Waals surface area contributed by atoms with Gasteiger partial charge in [0, 0.05) is 13.1 Å². The number of amides is 1. The molecule has 1 aliphatic heterocycles. The summed E-state index contributed by atoms with van der Waals surface area (Å²) in [6.45, 7) is 0.956. The second kappa shape index (κ2) is 10.1. The Morgan fingerprint density at radius 3 is 2.74 bits per heavy atom. The Labute approximate surface area is 212 Å². The molecule has 10 heteroatoms. The number of piperidine rings is 1. The van der Waals surface area contributed by atoms with Gasteiger partial charge in [-0.15, -0.1) is 11.3 Å². The van der Waals surface area contributed by atoms with Crippen LogP contribution in [0.2, 0.25) is 0 Å². The van der Waals surface area contributed by atoms with Crippen LogP contribution in [0.4, 0.5) is 5.13 Å². The molecule has 0 bridgehead atoms. The number of fused-ring (bicyclic) bond motifs is 1. The highest BCUT2D eigenvalue weighted by atomic mass is 32.2. The minimum atomic E-state index is -3.61. The van der Waals surface area contributed by atoms with E-state index in [0.717, 1.165) is 21.5 Å². The first kappa shape index (κ1) is 23.9. The van der Waals surface area contributed by atoms with E-state index in [1.165, 1.54) is 27.0 Å². The second-order valence-corrected chi connectivity index (χ2v) is 12.5. The van der Waals surface area contributed by atoms with Gasteiger partial charge in [-0.05, 0) is 48.1 Å². The normalized spacial score (nSPS) is 16.9. The number of carbonyl (C=O) groups excluding carboxylic acids is 1. The minimum Gasteiger partial charge on any atom is -0.497 e. The quantitative estimate of drug-likeness (QED) is 0.338. The Morgan fingerprint density at radius 1 is 1.17 bits per heavy atom. The number of thiophene rings is 1.